The number of hydrogen-bond donors (Lipinski definition) is 3. The summed E-state index contributed by atoms with van der Waals surface area (Å²) >= 11 is 0. The van der Waals surface area contributed by atoms with Crippen LogP contribution in [0.25, 0.3) is 17.4 Å². The van der Waals surface area contributed by atoms with Gasteiger partial charge in [-0.15, -0.1) is 0 Å². The Kier molecular flexibility index (Phi) is 6.97. The van der Waals surface area contributed by atoms with Crippen LogP contribution in [-0.2, 0) is 4.79 Å². The number of nitrogens with one attached hydrogen (secondary N) is 2. The van der Waals surface area contributed by atoms with Crippen molar-refractivity contribution in [2.45, 2.75) is 6.42 Å². The lowest BCUT2D eigenvalue weighted by molar-refractivity contribution is -0.117. The highest BCUT2D eigenvalue weighted by atomic mass is 16.3. The second-order valence-electron chi connectivity index (χ2n) is 6.28. The quantitative estimate of drug-likeness (QED) is 0.407. The van der Waals surface area contributed by atoms with Gasteiger partial charge in [0.15, 0.2) is 0 Å². The highest BCUT2D eigenvalue weighted by Crippen LogP contribution is 2.23. The Morgan fingerprint density at radius 2 is 1.62 bits per heavy atom. The summed E-state index contributed by atoms with van der Waals surface area (Å²) in [6.07, 6.45) is 1.91. The first kappa shape index (κ1) is 20.1. The molecule has 0 saturated heterocycles. The van der Waals surface area contributed by atoms with Crippen LogP contribution in [0, 0.1) is 0 Å². The van der Waals surface area contributed by atoms with Gasteiger partial charge in [-0.1, -0.05) is 48.5 Å². The summed E-state index contributed by atoms with van der Waals surface area (Å²) in [5, 5.41) is 14.2. The number of aliphatic hydroxyl groups is 1. The minimum absolute atomic E-state index is 0.0334. The standard InChI is InChI=1S/C23H22N2O4/c26-15-7-14-24-23(28)20(25-22(27)18-10-5-2-6-11-18)16-19-12-13-21(29-19)17-8-3-1-4-9-17/h1-6,8-13,16,26H,7,14-15H2,(H,24,28)(H,25,27)/b20-16+. The molecule has 2 amide bonds. The molecule has 1 aromatic heterocycles. The van der Waals surface area contributed by atoms with E-state index in [-0.39, 0.29) is 12.3 Å². The van der Waals surface area contributed by atoms with E-state index in [2.05, 4.69) is 10.6 Å². The maximum atomic E-state index is 12.5. The molecule has 148 valence electrons. The number of hydrogen-bond acceptors (Lipinski definition) is 4. The molecule has 3 N–H and O–H groups in total. The van der Waals surface area contributed by atoms with Crippen molar-refractivity contribution in [1.82, 2.24) is 10.6 Å². The fraction of sp³-hybridized carbons (Fsp3) is 0.130. The average Bonchev–Trinajstić information content (AvgIpc) is 3.23. The molecule has 0 radical (unpaired) electrons. The second-order valence-corrected chi connectivity index (χ2v) is 6.28. The van der Waals surface area contributed by atoms with Gasteiger partial charge in [-0.3, -0.25) is 9.59 Å². The number of benzene rings is 2. The minimum Gasteiger partial charge on any atom is -0.457 e. The highest BCUT2D eigenvalue weighted by Gasteiger charge is 2.15. The van der Waals surface area contributed by atoms with Crippen LogP contribution in [0.2, 0.25) is 0 Å². The van der Waals surface area contributed by atoms with E-state index in [9.17, 15) is 9.59 Å². The lowest BCUT2D eigenvalue weighted by atomic mass is 10.2. The Bertz CT molecular complexity index is 978. The third-order valence-corrected chi connectivity index (χ3v) is 4.12. The molecule has 0 aliphatic carbocycles. The second kappa shape index (κ2) is 10.1. The van der Waals surface area contributed by atoms with E-state index in [1.807, 2.05) is 42.5 Å². The molecule has 0 aliphatic heterocycles. The SMILES string of the molecule is O=C(NCCCO)/C(=C\c1ccc(-c2ccccc2)o1)NC(=O)c1ccccc1. The van der Waals surface area contributed by atoms with E-state index in [1.165, 1.54) is 6.08 Å². The molecule has 0 spiro atoms. The van der Waals surface area contributed by atoms with E-state index in [4.69, 9.17) is 9.52 Å². The summed E-state index contributed by atoms with van der Waals surface area (Å²) in [6.45, 7) is 0.260. The van der Waals surface area contributed by atoms with Crippen molar-refractivity contribution in [3.63, 3.8) is 0 Å². The van der Waals surface area contributed by atoms with Crippen molar-refractivity contribution in [3.05, 3.63) is 89.8 Å². The van der Waals surface area contributed by atoms with Gasteiger partial charge in [0, 0.05) is 30.4 Å². The first-order valence-electron chi connectivity index (χ1n) is 9.30. The van der Waals surface area contributed by atoms with Gasteiger partial charge in [-0.2, -0.15) is 0 Å². The summed E-state index contributed by atoms with van der Waals surface area (Å²) in [5.74, 6) is 0.236. The molecule has 0 aliphatic rings. The van der Waals surface area contributed by atoms with Crippen LogP contribution in [0.5, 0.6) is 0 Å². The molecule has 2 aromatic carbocycles. The number of carbonyl (C=O) groups excluding carboxylic acids is 2. The van der Waals surface area contributed by atoms with Gasteiger partial charge in [-0.25, -0.2) is 0 Å². The third kappa shape index (κ3) is 5.67. The molecule has 29 heavy (non-hydrogen) atoms. The molecular formula is C23H22N2O4. The zero-order valence-corrected chi connectivity index (χ0v) is 15.8. The van der Waals surface area contributed by atoms with E-state index in [0.29, 0.717) is 30.0 Å². The molecule has 3 rings (SSSR count). The van der Waals surface area contributed by atoms with Gasteiger partial charge in [0.25, 0.3) is 11.8 Å². The lowest BCUT2D eigenvalue weighted by Crippen LogP contribution is -2.35. The Morgan fingerprint density at radius 1 is 0.931 bits per heavy atom. The van der Waals surface area contributed by atoms with Crippen molar-refractivity contribution < 1.29 is 19.1 Å². The van der Waals surface area contributed by atoms with Gasteiger partial charge in [0.1, 0.15) is 17.2 Å². The van der Waals surface area contributed by atoms with Gasteiger partial charge >= 0.3 is 0 Å². The number of rotatable bonds is 8. The van der Waals surface area contributed by atoms with Crippen LogP contribution >= 0.6 is 0 Å². The number of carbonyl (C=O) groups is 2. The fourth-order valence-electron chi connectivity index (χ4n) is 2.65. The Balaban J connectivity index is 1.83. The smallest absolute Gasteiger partial charge is 0.267 e. The largest absolute Gasteiger partial charge is 0.457 e. The van der Waals surface area contributed by atoms with Gasteiger partial charge < -0.3 is 20.2 Å². The van der Waals surface area contributed by atoms with E-state index in [0.717, 1.165) is 5.56 Å². The summed E-state index contributed by atoms with van der Waals surface area (Å²) in [4.78, 5) is 25.1. The molecule has 3 aromatic rings. The minimum atomic E-state index is -0.458. The van der Waals surface area contributed by atoms with Crippen molar-refractivity contribution in [2.75, 3.05) is 13.2 Å². The topological polar surface area (TPSA) is 91.6 Å². The van der Waals surface area contributed by atoms with Gasteiger partial charge in [-0.05, 0) is 30.7 Å². The van der Waals surface area contributed by atoms with Gasteiger partial charge in [0.05, 0.1) is 0 Å². The maximum absolute atomic E-state index is 12.5. The number of furan rings is 1. The third-order valence-electron chi connectivity index (χ3n) is 4.12. The predicted octanol–water partition coefficient (Wildman–Crippen LogP) is 3.22. The first-order valence-corrected chi connectivity index (χ1v) is 9.30. The molecule has 0 fully saturated rings. The van der Waals surface area contributed by atoms with Crippen LogP contribution in [0.3, 0.4) is 0 Å². The average molecular weight is 390 g/mol. The molecule has 0 bridgehead atoms. The molecule has 6 nitrogen and oxygen atoms in total. The van der Waals surface area contributed by atoms with E-state index < -0.39 is 11.8 Å². The number of aliphatic hydroxyl groups excluding tert-OH is 1. The Hall–Kier alpha value is -3.64. The van der Waals surface area contributed by atoms with Crippen LogP contribution < -0.4 is 10.6 Å². The van der Waals surface area contributed by atoms with Crippen molar-refractivity contribution in [2.24, 2.45) is 0 Å². The van der Waals surface area contributed by atoms with Crippen molar-refractivity contribution in [3.8, 4) is 11.3 Å². The maximum Gasteiger partial charge on any atom is 0.267 e. The molecular weight excluding hydrogens is 368 g/mol. The van der Waals surface area contributed by atoms with E-state index in [1.54, 1.807) is 30.3 Å². The Morgan fingerprint density at radius 3 is 2.31 bits per heavy atom. The number of amides is 2. The molecule has 0 unspecified atom stereocenters. The normalized spacial score (nSPS) is 11.1. The molecule has 1 heterocycles. The van der Waals surface area contributed by atoms with Crippen molar-refractivity contribution in [1.29, 1.82) is 0 Å². The van der Waals surface area contributed by atoms with Crippen LogP contribution in [0.1, 0.15) is 22.5 Å². The fourth-order valence-corrected chi connectivity index (χ4v) is 2.65. The molecule has 0 atom stereocenters. The van der Waals surface area contributed by atoms with Crippen LogP contribution in [-0.4, -0.2) is 30.1 Å². The monoisotopic (exact) mass is 390 g/mol. The lowest BCUT2D eigenvalue weighted by Gasteiger charge is -2.10. The van der Waals surface area contributed by atoms with Crippen LogP contribution in [0.15, 0.2) is 82.9 Å². The van der Waals surface area contributed by atoms with Crippen molar-refractivity contribution >= 4 is 17.9 Å². The zero-order chi connectivity index (χ0) is 20.5. The molecule has 6 heteroatoms. The van der Waals surface area contributed by atoms with E-state index >= 15 is 0 Å². The van der Waals surface area contributed by atoms with Gasteiger partial charge in [0.2, 0.25) is 0 Å². The molecule has 0 saturated carbocycles. The summed E-state index contributed by atoms with van der Waals surface area (Å²) in [5.41, 5.74) is 1.41. The first-order chi connectivity index (χ1) is 14.2. The Labute approximate surface area is 168 Å². The summed E-state index contributed by atoms with van der Waals surface area (Å²) in [7, 11) is 0. The predicted molar refractivity (Wildman–Crippen MR) is 111 cm³/mol. The summed E-state index contributed by atoms with van der Waals surface area (Å²) < 4.78 is 5.82. The summed E-state index contributed by atoms with van der Waals surface area (Å²) in [6, 6.07) is 21.8. The van der Waals surface area contributed by atoms with Crippen LogP contribution in [0.4, 0.5) is 0 Å². The highest BCUT2D eigenvalue weighted by molar-refractivity contribution is 6.05. The zero-order valence-electron chi connectivity index (χ0n) is 15.8.